The van der Waals surface area contributed by atoms with Crippen LogP contribution in [0.5, 0.6) is 5.75 Å². The van der Waals surface area contributed by atoms with Gasteiger partial charge in [0.2, 0.25) is 0 Å². The van der Waals surface area contributed by atoms with E-state index in [-0.39, 0.29) is 0 Å². The molecule has 0 atom stereocenters. The molecular weight excluding hydrogens is 214 g/mol. The number of hydrogen-bond donors (Lipinski definition) is 1. The Bertz CT molecular complexity index is 313. The molecule has 17 heavy (non-hydrogen) atoms. The quantitative estimate of drug-likeness (QED) is 0.705. The smallest absolute Gasteiger partial charge is 0.119 e. The van der Waals surface area contributed by atoms with Gasteiger partial charge in [-0.15, -0.1) is 0 Å². The number of nitrogens with one attached hydrogen (secondary N) is 1. The first-order valence-corrected chi connectivity index (χ1v) is 6.16. The van der Waals surface area contributed by atoms with Gasteiger partial charge in [0.25, 0.3) is 0 Å². The second-order valence-electron chi connectivity index (χ2n) is 4.37. The van der Waals surface area contributed by atoms with E-state index in [0.717, 1.165) is 30.9 Å². The van der Waals surface area contributed by atoms with Gasteiger partial charge in [-0.05, 0) is 30.7 Å². The molecule has 0 fully saturated rings. The first kappa shape index (κ1) is 14.0. The molecule has 0 aromatic heterocycles. The fraction of sp³-hybridized carbons (Fsp3) is 0.571. The van der Waals surface area contributed by atoms with Gasteiger partial charge in [0, 0.05) is 12.6 Å². The molecule has 96 valence electrons. The minimum atomic E-state index is 0.549. The molecule has 0 radical (unpaired) electrons. The maximum absolute atomic E-state index is 5.61. The first-order chi connectivity index (χ1) is 8.22. The summed E-state index contributed by atoms with van der Waals surface area (Å²) in [5, 5.41) is 3.36. The molecule has 0 unspecified atom stereocenters. The third kappa shape index (κ3) is 6.29. The molecule has 0 saturated carbocycles. The van der Waals surface area contributed by atoms with Crippen molar-refractivity contribution in [2.45, 2.75) is 32.9 Å². The van der Waals surface area contributed by atoms with E-state index in [2.05, 4.69) is 25.2 Å². The average molecular weight is 237 g/mol. The van der Waals surface area contributed by atoms with Crippen LogP contribution < -0.4 is 10.1 Å². The number of benzene rings is 1. The molecule has 0 heterocycles. The van der Waals surface area contributed by atoms with Crippen LogP contribution in [0, 0.1) is 0 Å². The minimum absolute atomic E-state index is 0.549. The molecule has 0 aliphatic heterocycles. The molecule has 1 aromatic rings. The Morgan fingerprint density at radius 1 is 1.29 bits per heavy atom. The summed E-state index contributed by atoms with van der Waals surface area (Å²) in [5.74, 6) is 0.882. The highest BCUT2D eigenvalue weighted by Crippen LogP contribution is 2.13. The zero-order chi connectivity index (χ0) is 12.5. The van der Waals surface area contributed by atoms with Crippen LogP contribution in [0.4, 0.5) is 0 Å². The lowest BCUT2D eigenvalue weighted by Crippen LogP contribution is -2.24. The topological polar surface area (TPSA) is 30.5 Å². The lowest BCUT2D eigenvalue weighted by atomic mass is 10.2. The van der Waals surface area contributed by atoms with Crippen LogP contribution in [0.25, 0.3) is 0 Å². The highest BCUT2D eigenvalue weighted by molar-refractivity contribution is 5.27. The molecule has 1 N–H and O–H groups in total. The van der Waals surface area contributed by atoms with Crippen LogP contribution in [-0.2, 0) is 11.3 Å². The second kappa shape index (κ2) is 8.09. The molecule has 3 nitrogen and oxygen atoms in total. The van der Waals surface area contributed by atoms with Gasteiger partial charge in [0.05, 0.1) is 13.7 Å². The van der Waals surface area contributed by atoms with E-state index >= 15 is 0 Å². The Morgan fingerprint density at radius 3 is 2.82 bits per heavy atom. The molecule has 0 amide bonds. The van der Waals surface area contributed by atoms with Gasteiger partial charge >= 0.3 is 0 Å². The summed E-state index contributed by atoms with van der Waals surface area (Å²) in [5.41, 5.74) is 1.15. The molecule has 0 spiro atoms. The van der Waals surface area contributed by atoms with Crippen molar-refractivity contribution in [1.29, 1.82) is 0 Å². The number of methoxy groups -OCH3 is 1. The van der Waals surface area contributed by atoms with Gasteiger partial charge < -0.3 is 14.8 Å². The van der Waals surface area contributed by atoms with Crippen LogP contribution in [0.3, 0.4) is 0 Å². The van der Waals surface area contributed by atoms with Gasteiger partial charge in [-0.2, -0.15) is 0 Å². The zero-order valence-electron chi connectivity index (χ0n) is 11.0. The Morgan fingerprint density at radius 2 is 2.12 bits per heavy atom. The van der Waals surface area contributed by atoms with Crippen molar-refractivity contribution in [2.75, 3.05) is 20.3 Å². The van der Waals surface area contributed by atoms with Crippen molar-refractivity contribution < 1.29 is 9.47 Å². The van der Waals surface area contributed by atoms with E-state index in [0.29, 0.717) is 12.6 Å². The molecule has 0 aliphatic rings. The minimum Gasteiger partial charge on any atom is -0.497 e. The number of hydrogen-bond acceptors (Lipinski definition) is 3. The fourth-order valence-electron chi connectivity index (χ4n) is 1.52. The van der Waals surface area contributed by atoms with E-state index in [1.165, 1.54) is 0 Å². The predicted molar refractivity (Wildman–Crippen MR) is 70.4 cm³/mol. The van der Waals surface area contributed by atoms with E-state index < -0.39 is 0 Å². The molecule has 0 saturated heterocycles. The van der Waals surface area contributed by atoms with E-state index in [1.807, 2.05) is 18.2 Å². The van der Waals surface area contributed by atoms with Gasteiger partial charge in [0.15, 0.2) is 0 Å². The van der Waals surface area contributed by atoms with Crippen LogP contribution >= 0.6 is 0 Å². The van der Waals surface area contributed by atoms with Gasteiger partial charge in [-0.25, -0.2) is 0 Å². The third-order valence-corrected chi connectivity index (χ3v) is 2.42. The van der Waals surface area contributed by atoms with E-state index in [4.69, 9.17) is 9.47 Å². The monoisotopic (exact) mass is 237 g/mol. The van der Waals surface area contributed by atoms with Crippen molar-refractivity contribution in [1.82, 2.24) is 5.32 Å². The Hall–Kier alpha value is -1.06. The van der Waals surface area contributed by atoms with Crippen molar-refractivity contribution in [3.63, 3.8) is 0 Å². The number of rotatable bonds is 8. The van der Waals surface area contributed by atoms with Crippen LogP contribution in [-0.4, -0.2) is 26.3 Å². The number of ether oxygens (including phenoxy) is 2. The van der Waals surface area contributed by atoms with Gasteiger partial charge in [-0.3, -0.25) is 0 Å². The summed E-state index contributed by atoms with van der Waals surface area (Å²) in [4.78, 5) is 0. The van der Waals surface area contributed by atoms with E-state index in [1.54, 1.807) is 7.11 Å². The maximum Gasteiger partial charge on any atom is 0.119 e. The predicted octanol–water partition coefficient (Wildman–Crippen LogP) is 2.60. The van der Waals surface area contributed by atoms with E-state index in [9.17, 15) is 0 Å². The van der Waals surface area contributed by atoms with Crippen LogP contribution in [0.15, 0.2) is 24.3 Å². The maximum atomic E-state index is 5.61. The first-order valence-electron chi connectivity index (χ1n) is 6.16. The molecule has 0 bridgehead atoms. The average Bonchev–Trinajstić information content (AvgIpc) is 2.33. The second-order valence-corrected chi connectivity index (χ2v) is 4.37. The standard InChI is InChI=1S/C14H23NO2/c1-12(2)15-8-5-9-17-11-13-6-4-7-14(10-13)16-3/h4,6-7,10,12,15H,5,8-9,11H2,1-3H3. The van der Waals surface area contributed by atoms with Crippen molar-refractivity contribution in [2.24, 2.45) is 0 Å². The Balaban J connectivity index is 2.13. The van der Waals surface area contributed by atoms with Crippen molar-refractivity contribution in [3.8, 4) is 5.75 Å². The molecule has 3 heteroatoms. The van der Waals surface area contributed by atoms with Crippen LogP contribution in [0.2, 0.25) is 0 Å². The Kier molecular flexibility index (Phi) is 6.67. The van der Waals surface area contributed by atoms with Crippen molar-refractivity contribution >= 4 is 0 Å². The lowest BCUT2D eigenvalue weighted by Gasteiger charge is -2.08. The summed E-state index contributed by atoms with van der Waals surface area (Å²) < 4.78 is 10.8. The summed E-state index contributed by atoms with van der Waals surface area (Å²) in [6.07, 6.45) is 1.04. The largest absolute Gasteiger partial charge is 0.497 e. The SMILES string of the molecule is COc1cccc(COCCCNC(C)C)c1. The van der Waals surface area contributed by atoms with Crippen molar-refractivity contribution in [3.05, 3.63) is 29.8 Å². The third-order valence-electron chi connectivity index (χ3n) is 2.42. The van der Waals surface area contributed by atoms with Gasteiger partial charge in [-0.1, -0.05) is 26.0 Å². The fourth-order valence-corrected chi connectivity index (χ4v) is 1.52. The molecular formula is C14H23NO2. The highest BCUT2D eigenvalue weighted by atomic mass is 16.5. The molecule has 1 aromatic carbocycles. The Labute approximate surface area is 104 Å². The summed E-state index contributed by atoms with van der Waals surface area (Å²) in [6, 6.07) is 8.53. The molecule has 0 aliphatic carbocycles. The molecule has 1 rings (SSSR count). The normalized spacial score (nSPS) is 10.8. The van der Waals surface area contributed by atoms with Gasteiger partial charge in [0.1, 0.15) is 5.75 Å². The summed E-state index contributed by atoms with van der Waals surface area (Å²) in [7, 11) is 1.68. The highest BCUT2D eigenvalue weighted by Gasteiger charge is 1.96. The lowest BCUT2D eigenvalue weighted by molar-refractivity contribution is 0.118. The van der Waals surface area contributed by atoms with Crippen LogP contribution in [0.1, 0.15) is 25.8 Å². The summed E-state index contributed by atoms with van der Waals surface area (Å²) in [6.45, 7) is 6.75. The summed E-state index contributed by atoms with van der Waals surface area (Å²) >= 11 is 0. The zero-order valence-corrected chi connectivity index (χ0v) is 11.0.